The molecule has 3 nitrogen and oxygen atoms in total. The van der Waals surface area contributed by atoms with Crippen molar-refractivity contribution < 1.29 is 4.74 Å². The first-order valence-electron chi connectivity index (χ1n) is 5.78. The lowest BCUT2D eigenvalue weighted by Crippen LogP contribution is -1.84. The second kappa shape index (κ2) is 5.03. The highest BCUT2D eigenvalue weighted by Crippen LogP contribution is 2.32. The first kappa shape index (κ1) is 12.2. The van der Waals surface area contributed by atoms with E-state index in [1.807, 2.05) is 30.3 Å². The fraction of sp³-hybridized carbons (Fsp3) is 0.0714. The standard InChI is InChI=1S/C14H12N2OS2/c1-17-10-6-4-9(5-7-10)12-13(16-14(18)15-12)11-3-2-8-19-11/h2-8H,1H3,(H2,15,16,18). The summed E-state index contributed by atoms with van der Waals surface area (Å²) in [6, 6.07) is 12.0. The molecule has 0 aliphatic heterocycles. The van der Waals surface area contributed by atoms with E-state index in [0.717, 1.165) is 27.6 Å². The van der Waals surface area contributed by atoms with E-state index in [0.29, 0.717) is 4.77 Å². The summed E-state index contributed by atoms with van der Waals surface area (Å²) >= 11 is 6.90. The van der Waals surface area contributed by atoms with Crippen molar-refractivity contribution in [1.82, 2.24) is 9.97 Å². The Labute approximate surface area is 119 Å². The average Bonchev–Trinajstić information content (AvgIpc) is 3.07. The van der Waals surface area contributed by atoms with Gasteiger partial charge in [-0.1, -0.05) is 6.07 Å². The van der Waals surface area contributed by atoms with E-state index in [1.54, 1.807) is 18.4 Å². The highest BCUT2D eigenvalue weighted by atomic mass is 32.1. The van der Waals surface area contributed by atoms with Crippen LogP contribution in [-0.4, -0.2) is 17.1 Å². The fourth-order valence-corrected chi connectivity index (χ4v) is 2.90. The third-order valence-corrected chi connectivity index (χ3v) is 3.96. The van der Waals surface area contributed by atoms with Gasteiger partial charge in [-0.2, -0.15) is 0 Å². The number of nitrogens with one attached hydrogen (secondary N) is 2. The van der Waals surface area contributed by atoms with Crippen molar-refractivity contribution in [2.75, 3.05) is 7.11 Å². The molecule has 0 bridgehead atoms. The number of hydrogen-bond donors (Lipinski definition) is 2. The van der Waals surface area contributed by atoms with Crippen LogP contribution in [0.1, 0.15) is 0 Å². The minimum Gasteiger partial charge on any atom is -0.497 e. The van der Waals surface area contributed by atoms with Crippen molar-refractivity contribution in [2.24, 2.45) is 0 Å². The van der Waals surface area contributed by atoms with Crippen LogP contribution in [0.25, 0.3) is 21.8 Å². The molecule has 1 aromatic carbocycles. The minimum atomic E-state index is 0.634. The number of imidazole rings is 1. The molecule has 0 aliphatic carbocycles. The van der Waals surface area contributed by atoms with Gasteiger partial charge < -0.3 is 14.7 Å². The van der Waals surface area contributed by atoms with Gasteiger partial charge in [0.25, 0.3) is 0 Å². The van der Waals surface area contributed by atoms with Crippen LogP contribution in [0.2, 0.25) is 0 Å². The van der Waals surface area contributed by atoms with Gasteiger partial charge in [0.15, 0.2) is 4.77 Å². The normalized spacial score (nSPS) is 10.6. The van der Waals surface area contributed by atoms with E-state index in [1.165, 1.54) is 0 Å². The Morgan fingerprint density at radius 3 is 2.42 bits per heavy atom. The Kier molecular flexibility index (Phi) is 3.23. The van der Waals surface area contributed by atoms with Gasteiger partial charge in [0, 0.05) is 5.56 Å². The van der Waals surface area contributed by atoms with Crippen LogP contribution in [0.4, 0.5) is 0 Å². The van der Waals surface area contributed by atoms with Gasteiger partial charge in [-0.25, -0.2) is 0 Å². The average molecular weight is 288 g/mol. The first-order chi connectivity index (χ1) is 9.28. The molecule has 2 heterocycles. The Morgan fingerprint density at radius 1 is 1.05 bits per heavy atom. The minimum absolute atomic E-state index is 0.634. The van der Waals surface area contributed by atoms with Crippen molar-refractivity contribution in [3.63, 3.8) is 0 Å². The number of benzene rings is 1. The maximum Gasteiger partial charge on any atom is 0.175 e. The maximum absolute atomic E-state index is 5.21. The third-order valence-electron chi connectivity index (χ3n) is 2.87. The van der Waals surface area contributed by atoms with Gasteiger partial charge >= 0.3 is 0 Å². The van der Waals surface area contributed by atoms with Gasteiger partial charge in [0.2, 0.25) is 0 Å². The van der Waals surface area contributed by atoms with E-state index >= 15 is 0 Å². The van der Waals surface area contributed by atoms with Crippen LogP contribution >= 0.6 is 23.6 Å². The third kappa shape index (κ3) is 2.34. The lowest BCUT2D eigenvalue weighted by Gasteiger charge is -2.03. The first-order valence-corrected chi connectivity index (χ1v) is 7.07. The molecule has 0 saturated heterocycles. The number of H-pyrrole nitrogens is 2. The molecule has 0 unspecified atom stereocenters. The Balaban J connectivity index is 2.11. The highest BCUT2D eigenvalue weighted by Gasteiger charge is 2.11. The van der Waals surface area contributed by atoms with Crippen LogP contribution in [0.3, 0.4) is 0 Å². The summed E-state index contributed by atoms with van der Waals surface area (Å²) in [5, 5.41) is 2.05. The predicted molar refractivity (Wildman–Crippen MR) is 81.3 cm³/mol. The number of ether oxygens (including phenoxy) is 1. The molecule has 3 rings (SSSR count). The molecule has 3 aromatic rings. The molecule has 2 aromatic heterocycles. The lowest BCUT2D eigenvalue weighted by molar-refractivity contribution is 0.415. The molecular weight excluding hydrogens is 276 g/mol. The maximum atomic E-state index is 5.21. The second-order valence-corrected chi connectivity index (χ2v) is 5.39. The number of methoxy groups -OCH3 is 1. The van der Waals surface area contributed by atoms with E-state index in [-0.39, 0.29) is 0 Å². The molecule has 2 N–H and O–H groups in total. The summed E-state index contributed by atoms with van der Waals surface area (Å²) in [5.41, 5.74) is 3.12. The van der Waals surface area contributed by atoms with Crippen LogP contribution in [0.15, 0.2) is 41.8 Å². The Morgan fingerprint density at radius 2 is 1.79 bits per heavy atom. The fourth-order valence-electron chi connectivity index (χ4n) is 1.96. The van der Waals surface area contributed by atoms with E-state index in [2.05, 4.69) is 21.4 Å². The molecule has 0 aliphatic rings. The zero-order valence-corrected chi connectivity index (χ0v) is 11.9. The van der Waals surface area contributed by atoms with Crippen LogP contribution in [0, 0.1) is 4.77 Å². The Bertz CT molecular complexity index is 724. The summed E-state index contributed by atoms with van der Waals surface area (Å²) in [6.45, 7) is 0. The van der Waals surface area contributed by atoms with Crippen molar-refractivity contribution >= 4 is 23.6 Å². The molecule has 0 fully saturated rings. The predicted octanol–water partition coefficient (Wildman–Crippen LogP) is 4.48. The van der Waals surface area contributed by atoms with Gasteiger partial charge in [0.1, 0.15) is 5.75 Å². The van der Waals surface area contributed by atoms with Gasteiger partial charge in [-0.15, -0.1) is 11.3 Å². The molecule has 19 heavy (non-hydrogen) atoms. The topological polar surface area (TPSA) is 40.8 Å². The molecule has 5 heteroatoms. The van der Waals surface area contributed by atoms with E-state index in [4.69, 9.17) is 17.0 Å². The van der Waals surface area contributed by atoms with E-state index < -0.39 is 0 Å². The SMILES string of the molecule is COc1ccc(-c2[nH]c(=S)[nH]c2-c2cccs2)cc1. The van der Waals surface area contributed by atoms with Crippen molar-refractivity contribution in [3.05, 3.63) is 46.5 Å². The molecular formula is C14H12N2OS2. The number of thiophene rings is 1. The van der Waals surface area contributed by atoms with Gasteiger partial charge in [0.05, 0.1) is 23.4 Å². The Hall–Kier alpha value is -1.85. The number of rotatable bonds is 3. The molecule has 0 radical (unpaired) electrons. The summed E-state index contributed by atoms with van der Waals surface area (Å²) < 4.78 is 5.81. The number of aromatic nitrogens is 2. The van der Waals surface area contributed by atoms with E-state index in [9.17, 15) is 0 Å². The van der Waals surface area contributed by atoms with Gasteiger partial charge in [-0.3, -0.25) is 0 Å². The monoisotopic (exact) mass is 288 g/mol. The molecule has 0 amide bonds. The molecule has 0 atom stereocenters. The van der Waals surface area contributed by atoms with Crippen LogP contribution in [0.5, 0.6) is 5.75 Å². The van der Waals surface area contributed by atoms with Crippen molar-refractivity contribution in [2.45, 2.75) is 0 Å². The van der Waals surface area contributed by atoms with Crippen molar-refractivity contribution in [1.29, 1.82) is 0 Å². The summed E-state index contributed by atoms with van der Waals surface area (Å²) in [6.07, 6.45) is 0. The summed E-state index contributed by atoms with van der Waals surface area (Å²) in [5.74, 6) is 0.843. The molecule has 0 spiro atoms. The van der Waals surface area contributed by atoms with Crippen LogP contribution in [-0.2, 0) is 0 Å². The molecule has 96 valence electrons. The number of aromatic amines is 2. The van der Waals surface area contributed by atoms with Crippen LogP contribution < -0.4 is 4.74 Å². The van der Waals surface area contributed by atoms with Gasteiger partial charge in [-0.05, 0) is 47.9 Å². The zero-order chi connectivity index (χ0) is 13.2. The summed E-state index contributed by atoms with van der Waals surface area (Å²) in [7, 11) is 1.66. The number of hydrogen-bond acceptors (Lipinski definition) is 3. The quantitative estimate of drug-likeness (QED) is 0.698. The molecule has 0 saturated carbocycles. The summed E-state index contributed by atoms with van der Waals surface area (Å²) in [4.78, 5) is 7.59. The lowest BCUT2D eigenvalue weighted by atomic mass is 10.1. The second-order valence-electron chi connectivity index (χ2n) is 4.03. The highest BCUT2D eigenvalue weighted by molar-refractivity contribution is 7.71. The smallest absolute Gasteiger partial charge is 0.175 e. The van der Waals surface area contributed by atoms with Crippen molar-refractivity contribution in [3.8, 4) is 27.6 Å². The zero-order valence-electron chi connectivity index (χ0n) is 10.3. The largest absolute Gasteiger partial charge is 0.497 e.